The highest BCUT2D eigenvalue weighted by atomic mass is 16.5. The Kier molecular flexibility index (Phi) is 3.93. The van der Waals surface area contributed by atoms with Crippen LogP contribution in [0.3, 0.4) is 0 Å². The molecule has 0 aromatic rings. The summed E-state index contributed by atoms with van der Waals surface area (Å²) < 4.78 is 3.60. The van der Waals surface area contributed by atoms with E-state index in [-0.39, 0.29) is 0 Å². The normalized spacial score (nSPS) is 8.40. The summed E-state index contributed by atoms with van der Waals surface area (Å²) in [5.41, 5.74) is 0. The number of hydrogen-bond acceptors (Lipinski definition) is 0. The Morgan fingerprint density at radius 2 is 2.40 bits per heavy atom. The molecule has 0 saturated carbocycles. The van der Waals surface area contributed by atoms with Crippen molar-refractivity contribution in [3.8, 4) is 0 Å². The molecule has 0 rings (SSSR count). The molecule has 0 radical (unpaired) electrons. The minimum Gasteiger partial charge on any atom is -0.582 e. The Morgan fingerprint density at radius 3 is 2.40 bits per heavy atom. The van der Waals surface area contributed by atoms with Gasteiger partial charge in [0, 0.05) is 6.42 Å². The topological polar surface area (TPSA) is 12.8 Å². The summed E-state index contributed by atoms with van der Waals surface area (Å²) in [4.78, 5) is 0. The van der Waals surface area contributed by atoms with Gasteiger partial charge in [0.2, 0.25) is 0 Å². The van der Waals surface area contributed by atoms with Crippen molar-refractivity contribution in [2.45, 2.75) is 13.3 Å². The molecular formula is C4H10O. The Morgan fingerprint density at radius 1 is 1.80 bits per heavy atom. The lowest BCUT2D eigenvalue weighted by atomic mass is 10.5. The van der Waals surface area contributed by atoms with Gasteiger partial charge in [0.25, 0.3) is 0 Å². The van der Waals surface area contributed by atoms with Gasteiger partial charge in [0.1, 0.15) is 6.61 Å². The summed E-state index contributed by atoms with van der Waals surface area (Å²) in [5, 5.41) is 0. The molecule has 32 valence electrons. The third-order valence-corrected chi connectivity index (χ3v) is 0.382. The van der Waals surface area contributed by atoms with Crippen LogP contribution in [0.25, 0.3) is 0 Å². The summed E-state index contributed by atoms with van der Waals surface area (Å²) in [6, 6.07) is 0. The van der Waals surface area contributed by atoms with E-state index >= 15 is 0 Å². The highest BCUT2D eigenvalue weighted by Gasteiger charge is 1.66. The second-order valence-electron chi connectivity index (χ2n) is 0.947. The minimum atomic E-state index is 0.903. The van der Waals surface area contributed by atoms with Crippen LogP contribution in [-0.4, -0.2) is 11.3 Å². The number of aliphatic hydroxyl groups is 2. The molecule has 0 amide bonds. The molecular weight excluding hydrogens is 64.0 g/mol. The first kappa shape index (κ1) is 4.96. The lowest BCUT2D eigenvalue weighted by Crippen LogP contribution is -1.84. The average Bonchev–Trinajstić information content (AvgIpc) is 1.41. The Balaban J connectivity index is 2.19. The molecule has 0 aromatic carbocycles. The quantitative estimate of drug-likeness (QED) is 0.338. The minimum absolute atomic E-state index is 0.903. The summed E-state index contributed by atoms with van der Waals surface area (Å²) in [6.45, 7) is 2.98. The second-order valence-corrected chi connectivity index (χ2v) is 0.947. The Labute approximate surface area is 32.9 Å². The fourth-order valence-corrected chi connectivity index (χ4v) is 0.158. The van der Waals surface area contributed by atoms with Crippen molar-refractivity contribution in [1.29, 1.82) is 0 Å². The second kappa shape index (κ2) is 3.96. The van der Waals surface area contributed by atoms with Crippen molar-refractivity contribution >= 4 is 0 Å². The van der Waals surface area contributed by atoms with Crippen LogP contribution in [0.5, 0.6) is 0 Å². The molecule has 0 bridgehead atoms. The molecule has 0 aliphatic rings. The van der Waals surface area contributed by atoms with E-state index in [1.807, 2.05) is 0 Å². The molecule has 0 fully saturated rings. The summed E-state index contributed by atoms with van der Waals surface area (Å²) in [7, 11) is 3.30. The number of rotatable bonds is 2. The van der Waals surface area contributed by atoms with Gasteiger partial charge in [-0.05, 0) is 0 Å². The van der Waals surface area contributed by atoms with Crippen molar-refractivity contribution < 1.29 is 4.74 Å². The highest BCUT2D eigenvalue weighted by molar-refractivity contribution is 4.16. The third-order valence-electron chi connectivity index (χ3n) is 0.382. The van der Waals surface area contributed by atoms with E-state index in [0.717, 1.165) is 13.0 Å². The van der Waals surface area contributed by atoms with Crippen molar-refractivity contribution in [2.75, 3.05) is 6.61 Å². The zero-order chi connectivity index (χ0) is 4.12. The summed E-state index contributed by atoms with van der Waals surface area (Å²) >= 11 is 0. The average molecular weight is 74.1 g/mol. The van der Waals surface area contributed by atoms with Crippen LogP contribution in [-0.2, 0) is 0 Å². The van der Waals surface area contributed by atoms with Gasteiger partial charge in [-0.3, -0.25) is 0 Å². The molecule has 0 atom stereocenters. The molecule has 0 aromatic heterocycles. The van der Waals surface area contributed by atoms with Crippen LogP contribution in [0.15, 0.2) is 0 Å². The van der Waals surface area contributed by atoms with E-state index in [2.05, 4.69) is 18.8 Å². The van der Waals surface area contributed by atoms with E-state index in [4.69, 9.17) is 0 Å². The van der Waals surface area contributed by atoms with Gasteiger partial charge < -0.3 is 4.74 Å². The molecule has 0 spiro atoms. The fraction of sp³-hybridized carbons (Fsp3) is 0.750. The largest absolute Gasteiger partial charge is 0.582 e. The number of hydrogen-bond donors (Lipinski definition) is 0. The SMILES string of the molecule is [CH2-][OH+]CCC. The highest BCUT2D eigenvalue weighted by Crippen LogP contribution is 1.68. The van der Waals surface area contributed by atoms with E-state index in [0.29, 0.717) is 0 Å². The van der Waals surface area contributed by atoms with Crippen LogP contribution in [0.2, 0.25) is 0 Å². The van der Waals surface area contributed by atoms with Crippen LogP contribution in [0.1, 0.15) is 13.3 Å². The first-order chi connectivity index (χ1) is 2.41. The molecule has 5 heavy (non-hydrogen) atoms. The molecule has 0 saturated heterocycles. The molecule has 0 heterocycles. The van der Waals surface area contributed by atoms with Gasteiger partial charge in [0.15, 0.2) is 0 Å². The van der Waals surface area contributed by atoms with Crippen LogP contribution in [0, 0.1) is 7.11 Å². The lowest BCUT2D eigenvalue weighted by Gasteiger charge is -1.90. The summed E-state index contributed by atoms with van der Waals surface area (Å²) in [6.07, 6.45) is 1.11. The van der Waals surface area contributed by atoms with Crippen molar-refractivity contribution in [1.82, 2.24) is 0 Å². The smallest absolute Gasteiger partial charge is 0.118 e. The Hall–Kier alpha value is -0.0400. The predicted molar refractivity (Wildman–Crippen MR) is 22.7 cm³/mol. The van der Waals surface area contributed by atoms with Crippen LogP contribution < -0.4 is 0 Å². The fourth-order valence-electron chi connectivity index (χ4n) is 0.158. The monoisotopic (exact) mass is 74.1 g/mol. The van der Waals surface area contributed by atoms with E-state index in [9.17, 15) is 0 Å². The van der Waals surface area contributed by atoms with Gasteiger partial charge in [-0.1, -0.05) is 14.0 Å². The molecule has 1 heteroatoms. The lowest BCUT2D eigenvalue weighted by molar-refractivity contribution is 0.0570. The van der Waals surface area contributed by atoms with Gasteiger partial charge in [0.05, 0.1) is 0 Å². The molecule has 0 aliphatic heterocycles. The predicted octanol–water partition coefficient (Wildman–Crippen LogP) is 0.716. The zero-order valence-corrected chi connectivity index (χ0v) is 3.57. The van der Waals surface area contributed by atoms with Crippen LogP contribution in [0.4, 0.5) is 0 Å². The maximum atomic E-state index is 3.60. The van der Waals surface area contributed by atoms with Crippen molar-refractivity contribution in [2.24, 2.45) is 0 Å². The zero-order valence-electron chi connectivity index (χ0n) is 3.57. The maximum Gasteiger partial charge on any atom is 0.118 e. The molecule has 1 nitrogen and oxygen atoms in total. The standard InChI is InChI=1S/C4H10O/c1-3-4-5-2/h5H,2-4H2,1H3. The number of ether oxygens (including phenoxy) is 1. The molecule has 1 N–H and O–H groups in total. The van der Waals surface area contributed by atoms with Crippen molar-refractivity contribution in [3.05, 3.63) is 7.11 Å². The Bertz CT molecular complexity index is 11.1. The third kappa shape index (κ3) is 3.96. The van der Waals surface area contributed by atoms with Gasteiger partial charge in [-0.15, -0.1) is 0 Å². The summed E-state index contributed by atoms with van der Waals surface area (Å²) in [5.74, 6) is 0. The van der Waals surface area contributed by atoms with E-state index in [1.165, 1.54) is 0 Å². The van der Waals surface area contributed by atoms with Gasteiger partial charge >= 0.3 is 0 Å². The van der Waals surface area contributed by atoms with E-state index < -0.39 is 0 Å². The van der Waals surface area contributed by atoms with Gasteiger partial charge in [-0.2, -0.15) is 0 Å². The molecule has 0 aliphatic carbocycles. The molecule has 0 unspecified atom stereocenters. The van der Waals surface area contributed by atoms with E-state index in [1.54, 1.807) is 0 Å². The first-order valence-corrected chi connectivity index (χ1v) is 1.84. The van der Waals surface area contributed by atoms with Gasteiger partial charge in [-0.25, -0.2) is 0 Å². The van der Waals surface area contributed by atoms with Crippen molar-refractivity contribution in [3.63, 3.8) is 0 Å². The first-order valence-electron chi connectivity index (χ1n) is 1.84. The maximum absolute atomic E-state index is 3.60. The van der Waals surface area contributed by atoms with Crippen LogP contribution >= 0.6 is 0 Å².